The molecule has 1 aliphatic carbocycles. The van der Waals surface area contributed by atoms with Crippen LogP contribution in [0.2, 0.25) is 0 Å². The normalized spacial score (nSPS) is 19.9. The Kier molecular flexibility index (Phi) is 8.31. The zero-order valence-corrected chi connectivity index (χ0v) is 19.6. The van der Waals surface area contributed by atoms with Gasteiger partial charge in [0.1, 0.15) is 6.54 Å². The first-order valence-corrected chi connectivity index (χ1v) is 12.5. The van der Waals surface area contributed by atoms with E-state index >= 15 is 0 Å². The Labute approximate surface area is 197 Å². The zero-order valence-electron chi connectivity index (χ0n) is 19.6. The standard InChI is InChI=1S/C25H36N8/c1-2-21(22-15-10-17-27-22)29-24-30-23(28-19-11-6-3-4-7-12-19)31-25(32-24)33(18-16-26)20-13-8-5-9-14-20/h5,8-9,13-14,19,21-22,27H,2-4,6-7,10-12,15,17-18H2,1H3,(H2,28,29,30,31,32)/t21-,22?/m1/s1. The molecule has 1 saturated carbocycles. The number of rotatable bonds is 9. The Hall–Kier alpha value is -2.92. The van der Waals surface area contributed by atoms with Crippen LogP contribution < -0.4 is 20.9 Å². The van der Waals surface area contributed by atoms with E-state index in [0.717, 1.165) is 37.9 Å². The zero-order chi connectivity index (χ0) is 22.9. The predicted molar refractivity (Wildman–Crippen MR) is 133 cm³/mol. The van der Waals surface area contributed by atoms with Crippen molar-refractivity contribution in [2.45, 2.75) is 82.8 Å². The highest BCUT2D eigenvalue weighted by atomic mass is 15.3. The van der Waals surface area contributed by atoms with Crippen molar-refractivity contribution >= 4 is 23.5 Å². The second kappa shape index (κ2) is 11.8. The van der Waals surface area contributed by atoms with Gasteiger partial charge < -0.3 is 16.0 Å². The van der Waals surface area contributed by atoms with Gasteiger partial charge in [-0.1, -0.05) is 50.8 Å². The molecule has 33 heavy (non-hydrogen) atoms. The van der Waals surface area contributed by atoms with Gasteiger partial charge in [0.25, 0.3) is 0 Å². The lowest BCUT2D eigenvalue weighted by Crippen LogP contribution is -2.40. The van der Waals surface area contributed by atoms with E-state index in [2.05, 4.69) is 28.9 Å². The Morgan fingerprint density at radius 2 is 1.79 bits per heavy atom. The van der Waals surface area contributed by atoms with E-state index in [-0.39, 0.29) is 12.6 Å². The number of benzene rings is 1. The smallest absolute Gasteiger partial charge is 0.237 e. The molecule has 0 radical (unpaired) electrons. The first-order chi connectivity index (χ1) is 16.3. The lowest BCUT2D eigenvalue weighted by atomic mass is 10.0. The number of hydrogen-bond acceptors (Lipinski definition) is 8. The predicted octanol–water partition coefficient (Wildman–Crippen LogP) is 4.61. The van der Waals surface area contributed by atoms with Gasteiger partial charge in [0, 0.05) is 23.8 Å². The number of aromatic nitrogens is 3. The van der Waals surface area contributed by atoms with Crippen LogP contribution in [-0.4, -0.2) is 46.2 Å². The van der Waals surface area contributed by atoms with Crippen LogP contribution in [0.5, 0.6) is 0 Å². The van der Waals surface area contributed by atoms with Crippen LogP contribution in [0, 0.1) is 11.3 Å². The summed E-state index contributed by atoms with van der Waals surface area (Å²) in [6.07, 6.45) is 10.7. The lowest BCUT2D eigenvalue weighted by molar-refractivity contribution is 0.496. The molecule has 1 saturated heterocycles. The van der Waals surface area contributed by atoms with Gasteiger partial charge in [-0.25, -0.2) is 0 Å². The number of nitrogens with one attached hydrogen (secondary N) is 3. The summed E-state index contributed by atoms with van der Waals surface area (Å²) >= 11 is 0. The summed E-state index contributed by atoms with van der Waals surface area (Å²) in [5.41, 5.74) is 0.890. The lowest BCUT2D eigenvalue weighted by Gasteiger charge is -2.26. The monoisotopic (exact) mass is 448 g/mol. The largest absolute Gasteiger partial charge is 0.351 e. The molecule has 1 aliphatic heterocycles. The molecule has 176 valence electrons. The fourth-order valence-corrected chi connectivity index (χ4v) is 4.88. The maximum Gasteiger partial charge on any atom is 0.237 e. The van der Waals surface area contributed by atoms with Crippen molar-refractivity contribution < 1.29 is 0 Å². The van der Waals surface area contributed by atoms with E-state index < -0.39 is 0 Å². The minimum atomic E-state index is 0.164. The maximum atomic E-state index is 9.51. The van der Waals surface area contributed by atoms with Crippen LogP contribution in [0.3, 0.4) is 0 Å². The van der Waals surface area contributed by atoms with Gasteiger partial charge in [0.05, 0.1) is 6.07 Å². The molecule has 1 unspecified atom stereocenters. The molecule has 0 spiro atoms. The van der Waals surface area contributed by atoms with Gasteiger partial charge in [0.15, 0.2) is 0 Å². The molecule has 1 aromatic carbocycles. The van der Waals surface area contributed by atoms with Gasteiger partial charge in [-0.05, 0) is 50.8 Å². The van der Waals surface area contributed by atoms with E-state index in [0.29, 0.717) is 29.9 Å². The minimum absolute atomic E-state index is 0.164. The third-order valence-corrected chi connectivity index (χ3v) is 6.69. The number of nitriles is 1. The Balaban J connectivity index is 1.64. The van der Waals surface area contributed by atoms with Crippen molar-refractivity contribution in [3.05, 3.63) is 30.3 Å². The SMILES string of the molecule is CC[C@@H](Nc1nc(NC2CCCCCC2)nc(N(CC#N)c2ccccc2)n1)C1CCCN1. The van der Waals surface area contributed by atoms with E-state index in [1.807, 2.05) is 35.2 Å². The topological polar surface area (TPSA) is 102 Å². The minimum Gasteiger partial charge on any atom is -0.351 e. The van der Waals surface area contributed by atoms with E-state index in [4.69, 9.17) is 15.0 Å². The van der Waals surface area contributed by atoms with Crippen molar-refractivity contribution in [3.8, 4) is 6.07 Å². The number of para-hydroxylation sites is 1. The van der Waals surface area contributed by atoms with Crippen LogP contribution in [0.1, 0.15) is 64.7 Å². The van der Waals surface area contributed by atoms with Crippen molar-refractivity contribution in [1.29, 1.82) is 5.26 Å². The van der Waals surface area contributed by atoms with Crippen molar-refractivity contribution in [2.24, 2.45) is 0 Å². The average molecular weight is 449 g/mol. The molecule has 2 atom stereocenters. The summed E-state index contributed by atoms with van der Waals surface area (Å²) in [6, 6.07) is 13.1. The van der Waals surface area contributed by atoms with Crippen molar-refractivity contribution in [1.82, 2.24) is 20.3 Å². The van der Waals surface area contributed by atoms with E-state index in [1.165, 1.54) is 32.1 Å². The van der Waals surface area contributed by atoms with Crippen LogP contribution in [-0.2, 0) is 0 Å². The van der Waals surface area contributed by atoms with Crippen molar-refractivity contribution in [3.63, 3.8) is 0 Å². The molecule has 2 heterocycles. The summed E-state index contributed by atoms with van der Waals surface area (Å²) in [5.74, 6) is 1.64. The molecule has 8 nitrogen and oxygen atoms in total. The quantitative estimate of drug-likeness (QED) is 0.378. The average Bonchev–Trinajstić information content (AvgIpc) is 3.26. The fourth-order valence-electron chi connectivity index (χ4n) is 4.88. The number of hydrogen-bond donors (Lipinski definition) is 3. The van der Waals surface area contributed by atoms with Gasteiger partial charge in [-0.3, -0.25) is 4.90 Å². The highest BCUT2D eigenvalue weighted by Gasteiger charge is 2.25. The van der Waals surface area contributed by atoms with Crippen LogP contribution in [0.15, 0.2) is 30.3 Å². The third-order valence-electron chi connectivity index (χ3n) is 6.69. The number of anilines is 4. The molecule has 2 aromatic rings. The molecule has 3 N–H and O–H groups in total. The van der Waals surface area contributed by atoms with E-state index in [1.54, 1.807) is 0 Å². The maximum absolute atomic E-state index is 9.51. The third kappa shape index (κ3) is 6.32. The molecule has 8 heteroatoms. The van der Waals surface area contributed by atoms with Crippen molar-refractivity contribution in [2.75, 3.05) is 28.6 Å². The Bertz CT molecular complexity index is 898. The molecule has 4 rings (SSSR count). The molecule has 0 bridgehead atoms. The Morgan fingerprint density at radius 1 is 1.03 bits per heavy atom. The second-order valence-corrected chi connectivity index (χ2v) is 9.06. The van der Waals surface area contributed by atoms with Gasteiger partial charge >= 0.3 is 0 Å². The molecule has 1 aromatic heterocycles. The molecule has 2 aliphatic rings. The molecule has 2 fully saturated rings. The summed E-state index contributed by atoms with van der Waals surface area (Å²) in [6.45, 7) is 3.41. The number of nitrogens with zero attached hydrogens (tertiary/aromatic N) is 5. The molecule has 0 amide bonds. The highest BCUT2D eigenvalue weighted by Crippen LogP contribution is 2.26. The van der Waals surface area contributed by atoms with Gasteiger partial charge in [0.2, 0.25) is 17.8 Å². The summed E-state index contributed by atoms with van der Waals surface area (Å²) in [7, 11) is 0. The van der Waals surface area contributed by atoms with Gasteiger partial charge in [-0.15, -0.1) is 0 Å². The second-order valence-electron chi connectivity index (χ2n) is 9.06. The molecular formula is C25H36N8. The van der Waals surface area contributed by atoms with Crippen LogP contribution >= 0.6 is 0 Å². The summed E-state index contributed by atoms with van der Waals surface area (Å²) in [4.78, 5) is 16.2. The summed E-state index contributed by atoms with van der Waals surface area (Å²) in [5, 5.41) is 20.3. The van der Waals surface area contributed by atoms with Gasteiger partial charge in [-0.2, -0.15) is 20.2 Å². The molecular weight excluding hydrogens is 412 g/mol. The van der Waals surface area contributed by atoms with E-state index in [9.17, 15) is 5.26 Å². The first kappa shape index (κ1) is 23.2. The first-order valence-electron chi connectivity index (χ1n) is 12.5. The Morgan fingerprint density at radius 3 is 2.45 bits per heavy atom. The van der Waals surface area contributed by atoms with Crippen LogP contribution in [0.4, 0.5) is 23.5 Å². The summed E-state index contributed by atoms with van der Waals surface area (Å²) < 4.78 is 0. The highest BCUT2D eigenvalue weighted by molar-refractivity contribution is 5.60. The van der Waals surface area contributed by atoms with Crippen LogP contribution in [0.25, 0.3) is 0 Å². The fraction of sp³-hybridized carbons (Fsp3) is 0.600.